The van der Waals surface area contributed by atoms with E-state index in [1.165, 1.54) is 6.26 Å². The number of nitrogens with zero attached hydrogens (tertiary/aromatic N) is 4. The second-order valence-corrected chi connectivity index (χ2v) is 7.65. The number of amides is 2. The fourth-order valence-electron chi connectivity index (χ4n) is 3.92. The zero-order valence-electron chi connectivity index (χ0n) is 18.3. The predicted molar refractivity (Wildman–Crippen MR) is 121 cm³/mol. The highest BCUT2D eigenvalue weighted by Gasteiger charge is 2.26. The molecule has 1 fully saturated rings. The molecule has 1 N–H and O–H groups in total. The maximum absolute atomic E-state index is 12.5. The number of ether oxygens (including phenoxy) is 1. The van der Waals surface area contributed by atoms with E-state index in [0.29, 0.717) is 45.0 Å². The Morgan fingerprint density at radius 1 is 1.09 bits per heavy atom. The SMILES string of the molecule is CCNC(=NCCCN1C(=O)COc2ccccc21)N1CCN(C(=O)c2ccco2)CC1. The fourth-order valence-corrected chi connectivity index (χ4v) is 3.92. The quantitative estimate of drug-likeness (QED) is 0.420. The van der Waals surface area contributed by atoms with E-state index in [-0.39, 0.29) is 18.4 Å². The van der Waals surface area contributed by atoms with Crippen LogP contribution in [-0.2, 0) is 4.79 Å². The van der Waals surface area contributed by atoms with Gasteiger partial charge in [-0.2, -0.15) is 0 Å². The molecule has 0 saturated carbocycles. The Morgan fingerprint density at radius 3 is 2.62 bits per heavy atom. The maximum Gasteiger partial charge on any atom is 0.289 e. The molecule has 32 heavy (non-hydrogen) atoms. The number of hydrogen-bond donors (Lipinski definition) is 1. The summed E-state index contributed by atoms with van der Waals surface area (Å²) in [7, 11) is 0. The molecule has 9 heteroatoms. The molecule has 1 aromatic heterocycles. The molecular formula is C23H29N5O4. The van der Waals surface area contributed by atoms with Gasteiger partial charge in [0, 0.05) is 45.8 Å². The summed E-state index contributed by atoms with van der Waals surface area (Å²) < 4.78 is 10.7. The van der Waals surface area contributed by atoms with Crippen LogP contribution in [0.1, 0.15) is 23.9 Å². The smallest absolute Gasteiger partial charge is 0.289 e. The first kappa shape index (κ1) is 21.7. The molecule has 9 nitrogen and oxygen atoms in total. The third-order valence-electron chi connectivity index (χ3n) is 5.54. The second-order valence-electron chi connectivity index (χ2n) is 7.65. The summed E-state index contributed by atoms with van der Waals surface area (Å²) in [5.41, 5.74) is 0.817. The van der Waals surface area contributed by atoms with Crippen LogP contribution in [0, 0.1) is 0 Å². The molecule has 0 unspecified atom stereocenters. The number of fused-ring (bicyclic) bond motifs is 1. The fraction of sp³-hybridized carbons (Fsp3) is 0.435. The summed E-state index contributed by atoms with van der Waals surface area (Å²) in [5.74, 6) is 1.85. The van der Waals surface area contributed by atoms with Crippen molar-refractivity contribution in [3.8, 4) is 5.75 Å². The van der Waals surface area contributed by atoms with Gasteiger partial charge in [0.05, 0.1) is 12.0 Å². The van der Waals surface area contributed by atoms with Crippen molar-refractivity contribution in [1.29, 1.82) is 0 Å². The van der Waals surface area contributed by atoms with Gasteiger partial charge in [-0.25, -0.2) is 0 Å². The minimum atomic E-state index is -0.0768. The second kappa shape index (κ2) is 10.2. The van der Waals surface area contributed by atoms with Crippen LogP contribution in [-0.4, -0.2) is 80.0 Å². The van der Waals surface area contributed by atoms with Gasteiger partial charge in [0.2, 0.25) is 0 Å². The van der Waals surface area contributed by atoms with E-state index >= 15 is 0 Å². The van der Waals surface area contributed by atoms with E-state index in [1.54, 1.807) is 21.9 Å². The van der Waals surface area contributed by atoms with E-state index < -0.39 is 0 Å². The van der Waals surface area contributed by atoms with Gasteiger partial charge >= 0.3 is 0 Å². The summed E-state index contributed by atoms with van der Waals surface area (Å²) in [6.07, 6.45) is 2.26. The zero-order chi connectivity index (χ0) is 22.3. The molecule has 1 aromatic carbocycles. The van der Waals surface area contributed by atoms with Crippen molar-refractivity contribution in [2.45, 2.75) is 13.3 Å². The number of guanidine groups is 1. The van der Waals surface area contributed by atoms with Gasteiger partial charge in [-0.05, 0) is 37.6 Å². The molecule has 0 spiro atoms. The van der Waals surface area contributed by atoms with E-state index in [2.05, 4.69) is 10.2 Å². The third-order valence-corrected chi connectivity index (χ3v) is 5.54. The number of furan rings is 1. The van der Waals surface area contributed by atoms with Crippen molar-refractivity contribution in [2.24, 2.45) is 4.99 Å². The number of nitrogens with one attached hydrogen (secondary N) is 1. The zero-order valence-corrected chi connectivity index (χ0v) is 18.3. The van der Waals surface area contributed by atoms with Gasteiger partial charge in [0.25, 0.3) is 11.8 Å². The maximum atomic E-state index is 12.5. The van der Waals surface area contributed by atoms with Crippen LogP contribution < -0.4 is 15.0 Å². The van der Waals surface area contributed by atoms with Gasteiger partial charge < -0.3 is 29.2 Å². The lowest BCUT2D eigenvalue weighted by Crippen LogP contribution is -2.53. The molecule has 0 atom stereocenters. The van der Waals surface area contributed by atoms with Gasteiger partial charge in [-0.3, -0.25) is 14.6 Å². The number of rotatable bonds is 6. The number of para-hydroxylation sites is 2. The Hall–Kier alpha value is -3.49. The summed E-state index contributed by atoms with van der Waals surface area (Å²) in [5, 5.41) is 3.34. The number of aliphatic imine (C=N–C) groups is 1. The Kier molecular flexibility index (Phi) is 6.94. The summed E-state index contributed by atoms with van der Waals surface area (Å²) >= 11 is 0. The number of carbonyl (C=O) groups is 2. The summed E-state index contributed by atoms with van der Waals surface area (Å²) in [6.45, 7) is 6.70. The van der Waals surface area contributed by atoms with Crippen LogP contribution in [0.2, 0.25) is 0 Å². The topological polar surface area (TPSA) is 90.6 Å². The molecule has 170 valence electrons. The molecule has 3 heterocycles. The monoisotopic (exact) mass is 439 g/mol. The largest absolute Gasteiger partial charge is 0.482 e. The Balaban J connectivity index is 1.30. The van der Waals surface area contributed by atoms with E-state index in [9.17, 15) is 9.59 Å². The van der Waals surface area contributed by atoms with Crippen LogP contribution in [0.25, 0.3) is 0 Å². The standard InChI is InChI=1S/C23H29N5O4/c1-2-24-23(27-14-12-26(13-15-27)22(30)20-9-5-16-31-20)25-10-6-11-28-18-7-3-4-8-19(18)32-17-21(28)29/h3-5,7-9,16H,2,6,10-15,17H2,1H3,(H,24,25). The lowest BCUT2D eigenvalue weighted by molar-refractivity contribution is -0.121. The van der Waals surface area contributed by atoms with Crippen molar-refractivity contribution in [3.05, 3.63) is 48.4 Å². The van der Waals surface area contributed by atoms with Crippen LogP contribution in [0.5, 0.6) is 5.75 Å². The number of anilines is 1. The van der Waals surface area contributed by atoms with Gasteiger partial charge in [-0.15, -0.1) is 0 Å². The van der Waals surface area contributed by atoms with Gasteiger partial charge in [0.1, 0.15) is 5.75 Å². The van der Waals surface area contributed by atoms with Gasteiger partial charge in [-0.1, -0.05) is 12.1 Å². The first-order valence-electron chi connectivity index (χ1n) is 11.1. The average Bonchev–Trinajstić information content (AvgIpc) is 3.37. The molecule has 2 aromatic rings. The van der Waals surface area contributed by atoms with Crippen molar-refractivity contribution in [3.63, 3.8) is 0 Å². The number of piperazine rings is 1. The lowest BCUT2D eigenvalue weighted by Gasteiger charge is -2.36. The highest BCUT2D eigenvalue weighted by atomic mass is 16.5. The molecule has 4 rings (SSSR count). The van der Waals surface area contributed by atoms with Gasteiger partial charge in [0.15, 0.2) is 18.3 Å². The molecular weight excluding hydrogens is 410 g/mol. The Bertz CT molecular complexity index is 951. The summed E-state index contributed by atoms with van der Waals surface area (Å²) in [6, 6.07) is 11.0. The lowest BCUT2D eigenvalue weighted by atomic mass is 10.2. The van der Waals surface area contributed by atoms with Crippen LogP contribution in [0.4, 0.5) is 5.69 Å². The molecule has 2 amide bonds. The van der Waals surface area contributed by atoms with Crippen molar-refractivity contribution < 1.29 is 18.7 Å². The highest BCUT2D eigenvalue weighted by molar-refractivity contribution is 5.97. The van der Waals surface area contributed by atoms with Crippen LogP contribution in [0.15, 0.2) is 52.1 Å². The number of hydrogen-bond acceptors (Lipinski definition) is 5. The normalized spacial score (nSPS) is 16.6. The summed E-state index contributed by atoms with van der Waals surface area (Å²) in [4.78, 5) is 35.3. The Morgan fingerprint density at radius 2 is 1.88 bits per heavy atom. The van der Waals surface area contributed by atoms with E-state index in [4.69, 9.17) is 14.1 Å². The predicted octanol–water partition coefficient (Wildman–Crippen LogP) is 1.82. The Labute approximate surface area is 187 Å². The van der Waals surface area contributed by atoms with Crippen molar-refractivity contribution in [1.82, 2.24) is 15.1 Å². The van der Waals surface area contributed by atoms with E-state index in [0.717, 1.165) is 30.4 Å². The third kappa shape index (κ3) is 4.87. The minimum absolute atomic E-state index is 0.0306. The number of benzene rings is 1. The molecule has 1 saturated heterocycles. The van der Waals surface area contributed by atoms with E-state index in [1.807, 2.05) is 31.2 Å². The number of carbonyl (C=O) groups excluding carboxylic acids is 2. The molecule has 2 aliphatic rings. The minimum Gasteiger partial charge on any atom is -0.482 e. The first-order chi connectivity index (χ1) is 15.7. The first-order valence-corrected chi connectivity index (χ1v) is 11.1. The molecule has 0 radical (unpaired) electrons. The molecule has 2 aliphatic heterocycles. The van der Waals surface area contributed by atoms with Crippen LogP contribution >= 0.6 is 0 Å². The van der Waals surface area contributed by atoms with Crippen molar-refractivity contribution >= 4 is 23.5 Å². The van der Waals surface area contributed by atoms with Crippen LogP contribution in [0.3, 0.4) is 0 Å². The van der Waals surface area contributed by atoms with Crippen molar-refractivity contribution in [2.75, 3.05) is 57.3 Å². The average molecular weight is 440 g/mol. The highest BCUT2D eigenvalue weighted by Crippen LogP contribution is 2.31. The molecule has 0 aliphatic carbocycles. The molecule has 0 bridgehead atoms.